The summed E-state index contributed by atoms with van der Waals surface area (Å²) in [6.45, 7) is 3.77. The minimum absolute atomic E-state index is 0.0627. The highest BCUT2D eigenvalue weighted by molar-refractivity contribution is 5.99. The molecule has 0 saturated carbocycles. The number of benzene rings is 1. The van der Waals surface area contributed by atoms with Crippen LogP contribution in [0.2, 0.25) is 0 Å². The molecule has 1 atom stereocenters. The second-order valence-corrected chi connectivity index (χ2v) is 3.58. The van der Waals surface area contributed by atoms with Gasteiger partial charge in [0.05, 0.1) is 6.07 Å². The van der Waals surface area contributed by atoms with Crippen molar-refractivity contribution in [3.8, 4) is 6.07 Å². The highest BCUT2D eigenvalue weighted by Gasteiger charge is 2.22. The van der Waals surface area contributed by atoms with Crippen LogP contribution < -0.4 is 0 Å². The van der Waals surface area contributed by atoms with Crippen molar-refractivity contribution < 1.29 is 4.79 Å². The molecule has 1 aromatic rings. The van der Waals surface area contributed by atoms with Crippen LogP contribution in [0.25, 0.3) is 0 Å². The number of nitriles is 1. The van der Waals surface area contributed by atoms with Gasteiger partial charge in [-0.25, -0.2) is 0 Å². The third kappa shape index (κ3) is 2.20. The lowest BCUT2D eigenvalue weighted by atomic mass is 9.89. The van der Waals surface area contributed by atoms with Crippen LogP contribution in [0.4, 0.5) is 0 Å². The quantitative estimate of drug-likeness (QED) is 0.682. The lowest BCUT2D eigenvalue weighted by Gasteiger charge is -2.10. The number of Topliss-reactive ketones (excluding diaryl/α,β-unsaturated/α-hetero) is 1. The van der Waals surface area contributed by atoms with E-state index in [1.165, 1.54) is 0 Å². The fourth-order valence-corrected chi connectivity index (χ4v) is 1.29. The summed E-state index contributed by atoms with van der Waals surface area (Å²) in [6, 6.07) is 11.0. The number of nitrogens with zero attached hydrogens (tertiary/aromatic N) is 1. The van der Waals surface area contributed by atoms with E-state index in [0.29, 0.717) is 5.56 Å². The molecule has 1 aromatic carbocycles. The van der Waals surface area contributed by atoms with Gasteiger partial charge in [-0.1, -0.05) is 44.2 Å². The fraction of sp³-hybridized carbons (Fsp3) is 0.333. The van der Waals surface area contributed by atoms with E-state index in [9.17, 15) is 4.79 Å². The maximum atomic E-state index is 11.8. The van der Waals surface area contributed by atoms with Crippen molar-refractivity contribution in [3.05, 3.63) is 35.9 Å². The van der Waals surface area contributed by atoms with E-state index in [0.717, 1.165) is 0 Å². The van der Waals surface area contributed by atoms with E-state index in [2.05, 4.69) is 6.07 Å². The maximum absolute atomic E-state index is 11.8. The van der Waals surface area contributed by atoms with Gasteiger partial charge in [0.2, 0.25) is 0 Å². The highest BCUT2D eigenvalue weighted by Crippen LogP contribution is 2.16. The Morgan fingerprint density at radius 2 is 1.86 bits per heavy atom. The molecular weight excluding hydrogens is 174 g/mol. The van der Waals surface area contributed by atoms with Gasteiger partial charge in [-0.15, -0.1) is 0 Å². The summed E-state index contributed by atoms with van der Waals surface area (Å²) in [6.07, 6.45) is 0. The summed E-state index contributed by atoms with van der Waals surface area (Å²) < 4.78 is 0. The second kappa shape index (κ2) is 4.57. The summed E-state index contributed by atoms with van der Waals surface area (Å²) in [5.41, 5.74) is 0.618. The van der Waals surface area contributed by atoms with Crippen LogP contribution in [0.1, 0.15) is 24.2 Å². The van der Waals surface area contributed by atoms with Crippen LogP contribution in [0, 0.1) is 23.2 Å². The van der Waals surface area contributed by atoms with Crippen LogP contribution in [0.15, 0.2) is 30.3 Å². The first-order valence-corrected chi connectivity index (χ1v) is 4.65. The Morgan fingerprint density at radius 1 is 1.29 bits per heavy atom. The van der Waals surface area contributed by atoms with Crippen molar-refractivity contribution in [1.82, 2.24) is 0 Å². The number of hydrogen-bond acceptors (Lipinski definition) is 2. The summed E-state index contributed by atoms with van der Waals surface area (Å²) in [7, 11) is 0. The highest BCUT2D eigenvalue weighted by atomic mass is 16.1. The molecule has 0 saturated heterocycles. The molecule has 14 heavy (non-hydrogen) atoms. The second-order valence-electron chi connectivity index (χ2n) is 3.58. The Balaban J connectivity index is 2.91. The van der Waals surface area contributed by atoms with Crippen molar-refractivity contribution in [3.63, 3.8) is 0 Å². The van der Waals surface area contributed by atoms with Crippen molar-refractivity contribution in [1.29, 1.82) is 5.26 Å². The van der Waals surface area contributed by atoms with E-state index in [1.807, 2.05) is 32.0 Å². The Hall–Kier alpha value is -1.62. The molecule has 2 heteroatoms. The van der Waals surface area contributed by atoms with Gasteiger partial charge in [0.1, 0.15) is 5.92 Å². The smallest absolute Gasteiger partial charge is 0.180 e. The van der Waals surface area contributed by atoms with Crippen LogP contribution in [-0.2, 0) is 0 Å². The lowest BCUT2D eigenvalue weighted by Crippen LogP contribution is -2.18. The van der Waals surface area contributed by atoms with Gasteiger partial charge in [0.25, 0.3) is 0 Å². The molecule has 2 nitrogen and oxygen atoms in total. The molecule has 0 amide bonds. The minimum Gasteiger partial charge on any atom is -0.293 e. The molecule has 0 fully saturated rings. The predicted molar refractivity (Wildman–Crippen MR) is 54.7 cm³/mol. The van der Waals surface area contributed by atoms with Crippen LogP contribution >= 0.6 is 0 Å². The molecule has 0 aromatic heterocycles. The van der Waals surface area contributed by atoms with E-state index >= 15 is 0 Å². The van der Waals surface area contributed by atoms with Gasteiger partial charge in [-0.2, -0.15) is 5.26 Å². The van der Waals surface area contributed by atoms with E-state index < -0.39 is 5.92 Å². The summed E-state index contributed by atoms with van der Waals surface area (Å²) >= 11 is 0. The Kier molecular flexibility index (Phi) is 3.41. The molecule has 0 aliphatic heterocycles. The zero-order valence-electron chi connectivity index (χ0n) is 8.40. The fourth-order valence-electron chi connectivity index (χ4n) is 1.29. The van der Waals surface area contributed by atoms with Gasteiger partial charge >= 0.3 is 0 Å². The van der Waals surface area contributed by atoms with Gasteiger partial charge in [0, 0.05) is 5.56 Å². The molecular formula is C12H13NO. The molecule has 0 aliphatic rings. The van der Waals surface area contributed by atoms with E-state index in [4.69, 9.17) is 5.26 Å². The Morgan fingerprint density at radius 3 is 2.29 bits per heavy atom. The third-order valence-electron chi connectivity index (χ3n) is 2.15. The summed E-state index contributed by atoms with van der Waals surface area (Å²) in [4.78, 5) is 11.8. The molecule has 1 unspecified atom stereocenters. The Labute approximate surface area is 84.2 Å². The number of hydrogen-bond donors (Lipinski definition) is 0. The molecule has 1 rings (SSSR count). The molecule has 0 spiro atoms. The average molecular weight is 187 g/mol. The van der Waals surface area contributed by atoms with E-state index in [-0.39, 0.29) is 11.7 Å². The van der Waals surface area contributed by atoms with Crippen molar-refractivity contribution in [2.24, 2.45) is 11.8 Å². The maximum Gasteiger partial charge on any atom is 0.180 e. The normalized spacial score (nSPS) is 12.1. The van der Waals surface area contributed by atoms with Gasteiger partial charge < -0.3 is 0 Å². The van der Waals surface area contributed by atoms with E-state index in [1.54, 1.807) is 12.1 Å². The molecule has 0 bridgehead atoms. The van der Waals surface area contributed by atoms with Crippen molar-refractivity contribution >= 4 is 5.78 Å². The van der Waals surface area contributed by atoms with Crippen LogP contribution in [-0.4, -0.2) is 5.78 Å². The topological polar surface area (TPSA) is 40.9 Å². The number of carbonyl (C=O) groups is 1. The Bertz CT molecular complexity index is 348. The summed E-state index contributed by atoms with van der Waals surface area (Å²) in [5, 5.41) is 8.86. The predicted octanol–water partition coefficient (Wildman–Crippen LogP) is 2.67. The number of rotatable bonds is 3. The van der Waals surface area contributed by atoms with Crippen LogP contribution in [0.3, 0.4) is 0 Å². The molecule has 72 valence electrons. The monoisotopic (exact) mass is 187 g/mol. The molecule has 0 aliphatic carbocycles. The third-order valence-corrected chi connectivity index (χ3v) is 2.15. The number of ketones is 1. The number of carbonyl (C=O) groups excluding carboxylic acids is 1. The molecule has 0 N–H and O–H groups in total. The first-order valence-electron chi connectivity index (χ1n) is 4.65. The lowest BCUT2D eigenvalue weighted by molar-refractivity contribution is 0.0924. The van der Waals surface area contributed by atoms with Crippen LogP contribution in [0.5, 0.6) is 0 Å². The zero-order chi connectivity index (χ0) is 10.6. The minimum atomic E-state index is -0.530. The molecule has 0 radical (unpaired) electrons. The SMILES string of the molecule is CC(C)C(C#N)C(=O)c1ccccc1. The zero-order valence-corrected chi connectivity index (χ0v) is 8.40. The standard InChI is InChI=1S/C12H13NO/c1-9(2)11(8-13)12(14)10-6-4-3-5-7-10/h3-7,9,11H,1-2H3. The molecule has 0 heterocycles. The van der Waals surface area contributed by atoms with Gasteiger partial charge in [-0.3, -0.25) is 4.79 Å². The van der Waals surface area contributed by atoms with Gasteiger partial charge in [0.15, 0.2) is 5.78 Å². The summed E-state index contributed by atoms with van der Waals surface area (Å²) in [5.74, 6) is -0.548. The first-order chi connectivity index (χ1) is 6.66. The first kappa shape index (κ1) is 10.5. The average Bonchev–Trinajstić information content (AvgIpc) is 2.19. The van der Waals surface area contributed by atoms with Gasteiger partial charge in [-0.05, 0) is 5.92 Å². The largest absolute Gasteiger partial charge is 0.293 e. The van der Waals surface area contributed by atoms with Crippen molar-refractivity contribution in [2.45, 2.75) is 13.8 Å². The van der Waals surface area contributed by atoms with Crippen molar-refractivity contribution in [2.75, 3.05) is 0 Å².